The molecule has 0 saturated carbocycles. The molecule has 1 aliphatic heterocycles. The third-order valence-electron chi connectivity index (χ3n) is 4.51. The van der Waals surface area contributed by atoms with Gasteiger partial charge < -0.3 is 34.6 Å². The molecule has 1 saturated heterocycles. The van der Waals surface area contributed by atoms with Crippen LogP contribution >= 0.6 is 12.6 Å². The zero-order valence-electron chi connectivity index (χ0n) is 15.8. The first kappa shape index (κ1) is 22.3. The number of amides is 1. The van der Waals surface area contributed by atoms with Crippen LogP contribution in [0.4, 0.5) is 10.5 Å². The SMILES string of the molecule is O=C(Nc1ccc(S)cc1)OCc1ccc(O[C@@H]2OC(CO)[C@H](O)C(O)[C@H]2O)cc1. The summed E-state index contributed by atoms with van der Waals surface area (Å²) < 4.78 is 16.0. The Kier molecular flexibility index (Phi) is 7.53. The normalized spacial score (nSPS) is 26.1. The van der Waals surface area contributed by atoms with E-state index in [4.69, 9.17) is 14.2 Å². The summed E-state index contributed by atoms with van der Waals surface area (Å²) in [6.07, 6.45) is -7.39. The van der Waals surface area contributed by atoms with E-state index in [1.807, 2.05) is 0 Å². The number of anilines is 1. The van der Waals surface area contributed by atoms with E-state index < -0.39 is 43.4 Å². The van der Waals surface area contributed by atoms with Gasteiger partial charge in [0.05, 0.1) is 6.61 Å². The molecule has 0 aliphatic carbocycles. The predicted octanol–water partition coefficient (Wildman–Crippen LogP) is 0.903. The van der Waals surface area contributed by atoms with Gasteiger partial charge in [-0.1, -0.05) is 12.1 Å². The summed E-state index contributed by atoms with van der Waals surface area (Å²) >= 11 is 4.17. The monoisotopic (exact) mass is 437 g/mol. The zero-order chi connectivity index (χ0) is 21.7. The molecule has 1 aliphatic rings. The highest BCUT2D eigenvalue weighted by atomic mass is 32.1. The minimum absolute atomic E-state index is 0.0246. The van der Waals surface area contributed by atoms with Crippen LogP contribution in [-0.4, -0.2) is 63.8 Å². The van der Waals surface area contributed by atoms with Gasteiger partial charge in [-0.05, 0) is 42.0 Å². The molecule has 2 aromatic rings. The number of ether oxygens (including phenoxy) is 3. The Bertz CT molecular complexity index is 830. The zero-order valence-corrected chi connectivity index (χ0v) is 16.7. The molecule has 0 bridgehead atoms. The highest BCUT2D eigenvalue weighted by Gasteiger charge is 2.44. The second kappa shape index (κ2) is 10.1. The molecule has 2 unspecified atom stereocenters. The van der Waals surface area contributed by atoms with Crippen LogP contribution in [0.2, 0.25) is 0 Å². The Balaban J connectivity index is 1.51. The molecule has 0 spiro atoms. The van der Waals surface area contributed by atoms with Gasteiger partial charge in [0, 0.05) is 10.6 Å². The average Bonchev–Trinajstić information content (AvgIpc) is 2.75. The Morgan fingerprint density at radius 1 is 1.00 bits per heavy atom. The van der Waals surface area contributed by atoms with E-state index in [0.29, 0.717) is 17.0 Å². The summed E-state index contributed by atoms with van der Waals surface area (Å²) in [6, 6.07) is 13.3. The molecule has 1 heterocycles. The maximum atomic E-state index is 11.9. The van der Waals surface area contributed by atoms with Crippen LogP contribution in [0.15, 0.2) is 53.4 Å². The number of thiol groups is 1. The first-order chi connectivity index (χ1) is 14.4. The van der Waals surface area contributed by atoms with Crippen molar-refractivity contribution >= 4 is 24.4 Å². The van der Waals surface area contributed by atoms with Crippen LogP contribution in [0, 0.1) is 0 Å². The lowest BCUT2D eigenvalue weighted by Gasteiger charge is -2.39. The van der Waals surface area contributed by atoms with Gasteiger partial charge in [0.1, 0.15) is 36.8 Å². The number of aliphatic hydroxyl groups is 4. The van der Waals surface area contributed by atoms with E-state index in [1.165, 1.54) is 0 Å². The number of hydrogen-bond acceptors (Lipinski definition) is 9. The van der Waals surface area contributed by atoms with Gasteiger partial charge in [0.25, 0.3) is 0 Å². The van der Waals surface area contributed by atoms with E-state index in [-0.39, 0.29) is 6.61 Å². The topological polar surface area (TPSA) is 138 Å². The highest BCUT2D eigenvalue weighted by molar-refractivity contribution is 7.80. The number of carbonyl (C=O) groups excluding carboxylic acids is 1. The summed E-state index contributed by atoms with van der Waals surface area (Å²) in [5.41, 5.74) is 1.28. The Hall–Kier alpha value is -2.34. The van der Waals surface area contributed by atoms with Gasteiger partial charge in [0.2, 0.25) is 6.29 Å². The van der Waals surface area contributed by atoms with Crippen molar-refractivity contribution in [3.8, 4) is 5.75 Å². The third kappa shape index (κ3) is 5.63. The van der Waals surface area contributed by atoms with E-state index in [9.17, 15) is 25.2 Å². The number of aliphatic hydroxyl groups excluding tert-OH is 4. The van der Waals surface area contributed by atoms with Crippen molar-refractivity contribution in [2.45, 2.75) is 42.2 Å². The average molecular weight is 437 g/mol. The lowest BCUT2D eigenvalue weighted by Crippen LogP contribution is -2.60. The second-order valence-electron chi connectivity index (χ2n) is 6.71. The molecule has 0 aromatic heterocycles. The van der Waals surface area contributed by atoms with Gasteiger partial charge >= 0.3 is 6.09 Å². The lowest BCUT2D eigenvalue weighted by atomic mass is 9.99. The van der Waals surface area contributed by atoms with Gasteiger partial charge in [0.15, 0.2) is 0 Å². The fraction of sp³-hybridized carbons (Fsp3) is 0.350. The molecule has 0 radical (unpaired) electrons. The molecule has 9 nitrogen and oxygen atoms in total. The minimum Gasteiger partial charge on any atom is -0.462 e. The molecule has 2 aromatic carbocycles. The summed E-state index contributed by atoms with van der Waals surface area (Å²) in [5.74, 6) is 0.319. The molecule has 3 rings (SSSR count). The second-order valence-corrected chi connectivity index (χ2v) is 7.22. The third-order valence-corrected chi connectivity index (χ3v) is 4.81. The maximum Gasteiger partial charge on any atom is 0.411 e. The molecular weight excluding hydrogens is 414 g/mol. The molecule has 5 atom stereocenters. The fourth-order valence-corrected chi connectivity index (χ4v) is 2.96. The van der Waals surface area contributed by atoms with Gasteiger partial charge in [-0.25, -0.2) is 4.79 Å². The van der Waals surface area contributed by atoms with Crippen molar-refractivity contribution in [3.05, 3.63) is 54.1 Å². The predicted molar refractivity (Wildman–Crippen MR) is 108 cm³/mol. The molecule has 1 fully saturated rings. The first-order valence-electron chi connectivity index (χ1n) is 9.16. The Morgan fingerprint density at radius 3 is 2.30 bits per heavy atom. The van der Waals surface area contributed by atoms with Crippen molar-refractivity contribution in [2.24, 2.45) is 0 Å². The molecule has 30 heavy (non-hydrogen) atoms. The maximum absolute atomic E-state index is 11.9. The van der Waals surface area contributed by atoms with E-state index in [1.54, 1.807) is 48.5 Å². The van der Waals surface area contributed by atoms with E-state index >= 15 is 0 Å². The standard InChI is InChI=1S/C20H23NO8S/c22-9-15-16(23)17(24)18(25)19(29-15)28-13-5-1-11(2-6-13)10-27-20(26)21-12-3-7-14(30)8-4-12/h1-8,15-19,22-25,30H,9-10H2,(H,21,26)/t15?,16-,17?,18+,19+/m0/s1. The number of carbonyl (C=O) groups is 1. The first-order valence-corrected chi connectivity index (χ1v) is 9.61. The summed E-state index contributed by atoms with van der Waals surface area (Å²) in [7, 11) is 0. The largest absolute Gasteiger partial charge is 0.462 e. The van der Waals surface area contributed by atoms with Crippen LogP contribution in [0.5, 0.6) is 5.75 Å². The van der Waals surface area contributed by atoms with Crippen LogP contribution in [0.25, 0.3) is 0 Å². The van der Waals surface area contributed by atoms with Gasteiger partial charge in [-0.15, -0.1) is 12.6 Å². The van der Waals surface area contributed by atoms with Gasteiger partial charge in [-0.3, -0.25) is 5.32 Å². The van der Waals surface area contributed by atoms with Crippen molar-refractivity contribution in [2.75, 3.05) is 11.9 Å². The number of benzene rings is 2. The smallest absolute Gasteiger partial charge is 0.411 e. The number of hydrogen-bond donors (Lipinski definition) is 6. The molecule has 10 heteroatoms. The Labute approximate surface area is 178 Å². The van der Waals surface area contributed by atoms with Crippen LogP contribution in [0.1, 0.15) is 5.56 Å². The number of nitrogens with one attached hydrogen (secondary N) is 1. The highest BCUT2D eigenvalue weighted by Crippen LogP contribution is 2.24. The molecule has 5 N–H and O–H groups in total. The quantitative estimate of drug-likeness (QED) is 0.367. The Morgan fingerprint density at radius 2 is 1.67 bits per heavy atom. The van der Waals surface area contributed by atoms with Crippen LogP contribution in [0.3, 0.4) is 0 Å². The van der Waals surface area contributed by atoms with Crippen molar-refractivity contribution in [1.29, 1.82) is 0 Å². The number of rotatable bonds is 6. The van der Waals surface area contributed by atoms with E-state index in [0.717, 1.165) is 4.90 Å². The van der Waals surface area contributed by atoms with Crippen LogP contribution in [-0.2, 0) is 16.1 Å². The van der Waals surface area contributed by atoms with Crippen molar-refractivity contribution in [3.63, 3.8) is 0 Å². The summed E-state index contributed by atoms with van der Waals surface area (Å²) in [6.45, 7) is -0.515. The molecule has 1 amide bonds. The van der Waals surface area contributed by atoms with Crippen molar-refractivity contribution in [1.82, 2.24) is 0 Å². The summed E-state index contributed by atoms with van der Waals surface area (Å²) in [5, 5.41) is 41.4. The minimum atomic E-state index is -1.52. The van der Waals surface area contributed by atoms with Crippen molar-refractivity contribution < 1.29 is 39.4 Å². The molecular formula is C20H23NO8S. The fourth-order valence-electron chi connectivity index (χ4n) is 2.81. The van der Waals surface area contributed by atoms with Gasteiger partial charge in [-0.2, -0.15) is 0 Å². The van der Waals surface area contributed by atoms with Crippen LogP contribution < -0.4 is 10.1 Å². The van der Waals surface area contributed by atoms with E-state index in [2.05, 4.69) is 17.9 Å². The lowest BCUT2D eigenvalue weighted by molar-refractivity contribution is -0.277. The summed E-state index contributed by atoms with van der Waals surface area (Å²) in [4.78, 5) is 12.6. The molecule has 162 valence electrons.